The van der Waals surface area contributed by atoms with E-state index in [9.17, 15) is 13.2 Å². The minimum Gasteiger partial charge on any atom is -0.355 e. The number of piperidine rings is 1. The second-order valence-corrected chi connectivity index (χ2v) is 10.8. The maximum absolute atomic E-state index is 12.8. The Morgan fingerprint density at radius 1 is 1.09 bits per heavy atom. The van der Waals surface area contributed by atoms with Crippen molar-refractivity contribution in [1.29, 1.82) is 0 Å². The summed E-state index contributed by atoms with van der Waals surface area (Å²) in [4.78, 5) is 17.5. The van der Waals surface area contributed by atoms with Crippen molar-refractivity contribution in [2.45, 2.75) is 31.1 Å². The van der Waals surface area contributed by atoms with Crippen LogP contribution in [0.5, 0.6) is 0 Å². The molecule has 8 heteroatoms. The maximum atomic E-state index is 12.8. The van der Waals surface area contributed by atoms with Gasteiger partial charge in [0.25, 0.3) is 0 Å². The summed E-state index contributed by atoms with van der Waals surface area (Å²) in [5.41, 5.74) is 3.08. The Labute approximate surface area is 193 Å². The Balaban J connectivity index is 1.24. The van der Waals surface area contributed by atoms with Gasteiger partial charge in [0.1, 0.15) is 5.01 Å². The van der Waals surface area contributed by atoms with Gasteiger partial charge in [-0.15, -0.1) is 11.3 Å². The number of benzene rings is 2. The van der Waals surface area contributed by atoms with Gasteiger partial charge < -0.3 is 5.32 Å². The average molecular weight is 470 g/mol. The van der Waals surface area contributed by atoms with E-state index >= 15 is 0 Å². The molecule has 0 radical (unpaired) electrons. The number of thiazole rings is 1. The molecule has 1 aromatic heterocycles. The van der Waals surface area contributed by atoms with E-state index in [-0.39, 0.29) is 11.8 Å². The van der Waals surface area contributed by atoms with Crippen LogP contribution in [-0.4, -0.2) is 43.2 Å². The quantitative estimate of drug-likeness (QED) is 0.570. The summed E-state index contributed by atoms with van der Waals surface area (Å²) in [7, 11) is -3.51. The molecule has 3 aromatic rings. The fourth-order valence-electron chi connectivity index (χ4n) is 3.81. The molecule has 2 heterocycles. The minimum atomic E-state index is -3.51. The highest BCUT2D eigenvalue weighted by atomic mass is 32.2. The van der Waals surface area contributed by atoms with Crippen LogP contribution in [0.4, 0.5) is 0 Å². The molecule has 6 nitrogen and oxygen atoms in total. The Morgan fingerprint density at radius 2 is 1.78 bits per heavy atom. The number of amides is 1. The SMILES string of the molecule is Cc1ccc(S(=O)(=O)N2CCC(C(=O)NCCc3csc(-c4ccccc4)n3)CC2)cc1. The molecule has 0 aliphatic carbocycles. The summed E-state index contributed by atoms with van der Waals surface area (Å²) in [6.45, 7) is 3.18. The molecule has 0 atom stereocenters. The average Bonchev–Trinajstić information content (AvgIpc) is 3.29. The third-order valence-corrected chi connectivity index (χ3v) is 8.59. The van der Waals surface area contributed by atoms with E-state index in [0.29, 0.717) is 43.8 Å². The fourth-order valence-corrected chi connectivity index (χ4v) is 6.14. The van der Waals surface area contributed by atoms with Gasteiger partial charge in [0.05, 0.1) is 10.6 Å². The van der Waals surface area contributed by atoms with Gasteiger partial charge in [0, 0.05) is 42.9 Å². The molecule has 0 unspecified atom stereocenters. The zero-order valence-electron chi connectivity index (χ0n) is 18.0. The van der Waals surface area contributed by atoms with Crippen LogP contribution in [0.2, 0.25) is 0 Å². The highest BCUT2D eigenvalue weighted by Crippen LogP contribution is 2.25. The van der Waals surface area contributed by atoms with E-state index in [2.05, 4.69) is 10.3 Å². The number of carbonyl (C=O) groups is 1. The molecule has 0 saturated carbocycles. The maximum Gasteiger partial charge on any atom is 0.243 e. The van der Waals surface area contributed by atoms with Crippen LogP contribution in [0.25, 0.3) is 10.6 Å². The van der Waals surface area contributed by atoms with Crippen LogP contribution in [0.15, 0.2) is 64.9 Å². The Hall–Kier alpha value is -2.55. The molecular weight excluding hydrogens is 442 g/mol. The van der Waals surface area contributed by atoms with E-state index in [1.165, 1.54) is 4.31 Å². The summed E-state index contributed by atoms with van der Waals surface area (Å²) in [5.74, 6) is -0.161. The highest BCUT2D eigenvalue weighted by Gasteiger charge is 2.31. The molecule has 2 aromatic carbocycles. The van der Waals surface area contributed by atoms with Gasteiger partial charge in [-0.2, -0.15) is 4.31 Å². The first kappa shape index (κ1) is 22.6. The zero-order chi connectivity index (χ0) is 22.6. The lowest BCUT2D eigenvalue weighted by atomic mass is 9.97. The lowest BCUT2D eigenvalue weighted by Gasteiger charge is -2.30. The lowest BCUT2D eigenvalue weighted by molar-refractivity contribution is -0.126. The van der Waals surface area contributed by atoms with Crippen molar-refractivity contribution in [3.63, 3.8) is 0 Å². The first-order chi connectivity index (χ1) is 15.4. The molecular formula is C24H27N3O3S2. The number of hydrogen-bond donors (Lipinski definition) is 1. The van der Waals surface area contributed by atoms with Crippen molar-refractivity contribution >= 4 is 27.3 Å². The number of nitrogens with one attached hydrogen (secondary N) is 1. The van der Waals surface area contributed by atoms with Gasteiger partial charge in [0.15, 0.2) is 0 Å². The van der Waals surface area contributed by atoms with E-state index in [1.54, 1.807) is 35.6 Å². The van der Waals surface area contributed by atoms with Gasteiger partial charge in [-0.1, -0.05) is 48.0 Å². The van der Waals surface area contributed by atoms with Gasteiger partial charge in [-0.25, -0.2) is 13.4 Å². The summed E-state index contributed by atoms with van der Waals surface area (Å²) in [6.07, 6.45) is 1.74. The Kier molecular flexibility index (Phi) is 7.03. The topological polar surface area (TPSA) is 79.4 Å². The van der Waals surface area contributed by atoms with E-state index in [4.69, 9.17) is 0 Å². The molecule has 1 fully saturated rings. The fraction of sp³-hybridized carbons (Fsp3) is 0.333. The molecule has 0 spiro atoms. The van der Waals surface area contributed by atoms with Crippen LogP contribution < -0.4 is 5.32 Å². The van der Waals surface area contributed by atoms with Crippen molar-refractivity contribution in [2.24, 2.45) is 5.92 Å². The zero-order valence-corrected chi connectivity index (χ0v) is 19.7. The minimum absolute atomic E-state index is 0.00380. The van der Waals surface area contributed by atoms with Crippen molar-refractivity contribution in [3.8, 4) is 10.6 Å². The number of nitrogens with zero attached hydrogens (tertiary/aromatic N) is 2. The van der Waals surface area contributed by atoms with Gasteiger partial charge in [0.2, 0.25) is 15.9 Å². The van der Waals surface area contributed by atoms with Crippen molar-refractivity contribution in [1.82, 2.24) is 14.6 Å². The van der Waals surface area contributed by atoms with Crippen molar-refractivity contribution in [2.75, 3.05) is 19.6 Å². The second kappa shape index (κ2) is 9.94. The number of hydrogen-bond acceptors (Lipinski definition) is 5. The van der Waals surface area contributed by atoms with Crippen LogP contribution in [0, 0.1) is 12.8 Å². The van der Waals surface area contributed by atoms with E-state index in [0.717, 1.165) is 21.8 Å². The summed E-state index contributed by atoms with van der Waals surface area (Å²) in [5, 5.41) is 6.01. The van der Waals surface area contributed by atoms with Crippen molar-refractivity contribution in [3.05, 3.63) is 71.2 Å². The summed E-state index contributed by atoms with van der Waals surface area (Å²) < 4.78 is 27.1. The first-order valence-electron chi connectivity index (χ1n) is 10.8. The molecule has 32 heavy (non-hydrogen) atoms. The third-order valence-electron chi connectivity index (χ3n) is 5.74. The number of sulfonamides is 1. The molecule has 0 bridgehead atoms. The first-order valence-corrected chi connectivity index (χ1v) is 13.1. The van der Waals surface area contributed by atoms with Crippen LogP contribution >= 0.6 is 11.3 Å². The number of carbonyl (C=O) groups excluding carboxylic acids is 1. The standard InChI is InChI=1S/C24H27N3O3S2/c1-18-7-9-22(10-8-18)32(29,30)27-15-12-19(13-16-27)23(28)25-14-11-21-17-31-24(26-21)20-5-3-2-4-6-20/h2-10,17,19H,11-16H2,1H3,(H,25,28). The van der Waals surface area contributed by atoms with Gasteiger partial charge >= 0.3 is 0 Å². The smallest absolute Gasteiger partial charge is 0.243 e. The van der Waals surface area contributed by atoms with Gasteiger partial charge in [-0.3, -0.25) is 4.79 Å². The molecule has 1 amide bonds. The predicted octanol–water partition coefficient (Wildman–Crippen LogP) is 3.88. The summed E-state index contributed by atoms with van der Waals surface area (Å²) >= 11 is 1.60. The molecule has 4 rings (SSSR count). The monoisotopic (exact) mass is 469 g/mol. The normalized spacial score (nSPS) is 15.5. The van der Waals surface area contributed by atoms with Crippen LogP contribution in [-0.2, 0) is 21.2 Å². The molecule has 168 valence electrons. The molecule has 1 aliphatic rings. The second-order valence-electron chi connectivity index (χ2n) is 8.04. The number of rotatable bonds is 7. The molecule has 1 saturated heterocycles. The van der Waals surface area contributed by atoms with Crippen LogP contribution in [0.3, 0.4) is 0 Å². The number of aryl methyl sites for hydroxylation is 1. The Morgan fingerprint density at radius 3 is 2.47 bits per heavy atom. The summed E-state index contributed by atoms with van der Waals surface area (Å²) in [6, 6.07) is 16.9. The molecule has 1 aliphatic heterocycles. The lowest BCUT2D eigenvalue weighted by Crippen LogP contribution is -2.43. The molecule has 1 N–H and O–H groups in total. The largest absolute Gasteiger partial charge is 0.355 e. The van der Waals surface area contributed by atoms with E-state index in [1.807, 2.05) is 42.6 Å². The number of aromatic nitrogens is 1. The predicted molar refractivity (Wildman–Crippen MR) is 127 cm³/mol. The van der Waals surface area contributed by atoms with E-state index < -0.39 is 10.0 Å². The Bertz CT molecular complexity index is 1150. The van der Waals surface area contributed by atoms with Crippen LogP contribution in [0.1, 0.15) is 24.1 Å². The third kappa shape index (κ3) is 5.26. The van der Waals surface area contributed by atoms with Gasteiger partial charge in [-0.05, 0) is 31.9 Å². The van der Waals surface area contributed by atoms with Crippen molar-refractivity contribution < 1.29 is 13.2 Å². The highest BCUT2D eigenvalue weighted by molar-refractivity contribution is 7.89.